The highest BCUT2D eigenvalue weighted by atomic mass is 32.2. The topological polar surface area (TPSA) is 66.5 Å². The first-order valence-electron chi connectivity index (χ1n) is 8.24. The van der Waals surface area contributed by atoms with Gasteiger partial charge in [-0.05, 0) is 36.6 Å². The molecule has 0 spiro atoms. The molecule has 0 saturated carbocycles. The van der Waals surface area contributed by atoms with Gasteiger partial charge in [0.2, 0.25) is 15.9 Å². The van der Waals surface area contributed by atoms with E-state index in [1.807, 2.05) is 43.3 Å². The molecule has 2 aromatic rings. The molecule has 1 N–H and O–H groups in total. The molecule has 5 nitrogen and oxygen atoms in total. The second-order valence-electron chi connectivity index (χ2n) is 5.96. The zero-order valence-electron chi connectivity index (χ0n) is 14.6. The third kappa shape index (κ3) is 5.99. The lowest BCUT2D eigenvalue weighted by atomic mass is 10.1. The second-order valence-corrected chi connectivity index (χ2v) is 7.72. The monoisotopic (exact) mass is 360 g/mol. The standard InChI is InChI=1S/C19H24N2O3S/c1-16-7-6-10-19(15-16)25(23,24)20-12-14-21(17(2)22)13-11-18-8-4-3-5-9-18/h3-10,15,20H,11-14H2,1-2H3. The number of carbonyl (C=O) groups is 1. The Morgan fingerprint density at radius 2 is 1.76 bits per heavy atom. The van der Waals surface area contributed by atoms with Gasteiger partial charge in [-0.15, -0.1) is 0 Å². The SMILES string of the molecule is CC(=O)N(CCNS(=O)(=O)c1cccc(C)c1)CCc1ccccc1. The Labute approximate surface area is 149 Å². The number of nitrogens with zero attached hydrogens (tertiary/aromatic N) is 1. The molecule has 1 amide bonds. The number of aryl methyl sites for hydroxylation is 1. The van der Waals surface area contributed by atoms with E-state index >= 15 is 0 Å². The summed E-state index contributed by atoms with van der Waals surface area (Å²) in [6.45, 7) is 4.43. The Morgan fingerprint density at radius 1 is 1.04 bits per heavy atom. The fraction of sp³-hybridized carbons (Fsp3) is 0.316. The molecule has 0 aliphatic carbocycles. The molecule has 2 aromatic carbocycles. The number of hydrogen-bond acceptors (Lipinski definition) is 3. The minimum Gasteiger partial charge on any atom is -0.341 e. The Hall–Kier alpha value is -2.18. The molecule has 0 saturated heterocycles. The predicted molar refractivity (Wildman–Crippen MR) is 98.8 cm³/mol. The lowest BCUT2D eigenvalue weighted by molar-refractivity contribution is -0.128. The van der Waals surface area contributed by atoms with Gasteiger partial charge >= 0.3 is 0 Å². The zero-order valence-corrected chi connectivity index (χ0v) is 15.4. The van der Waals surface area contributed by atoms with E-state index in [1.54, 1.807) is 23.1 Å². The highest BCUT2D eigenvalue weighted by Gasteiger charge is 2.15. The lowest BCUT2D eigenvalue weighted by Gasteiger charge is -2.21. The van der Waals surface area contributed by atoms with Gasteiger partial charge in [0.15, 0.2) is 0 Å². The van der Waals surface area contributed by atoms with Crippen LogP contribution in [0.15, 0.2) is 59.5 Å². The third-order valence-corrected chi connectivity index (χ3v) is 5.39. The summed E-state index contributed by atoms with van der Waals surface area (Å²) in [5.74, 6) is -0.0642. The summed E-state index contributed by atoms with van der Waals surface area (Å²) in [6.07, 6.45) is 0.741. The van der Waals surface area contributed by atoms with E-state index in [1.165, 1.54) is 6.92 Å². The summed E-state index contributed by atoms with van der Waals surface area (Å²) in [5, 5.41) is 0. The molecule has 0 heterocycles. The van der Waals surface area contributed by atoms with E-state index in [0.29, 0.717) is 13.1 Å². The second kappa shape index (κ2) is 8.78. The lowest BCUT2D eigenvalue weighted by Crippen LogP contribution is -2.38. The number of amides is 1. The van der Waals surface area contributed by atoms with Crippen LogP contribution in [0.25, 0.3) is 0 Å². The van der Waals surface area contributed by atoms with Crippen LogP contribution in [0.2, 0.25) is 0 Å². The first-order chi connectivity index (χ1) is 11.9. The third-order valence-electron chi connectivity index (χ3n) is 3.93. The fourth-order valence-electron chi connectivity index (χ4n) is 2.52. The molecule has 0 atom stereocenters. The van der Waals surface area contributed by atoms with E-state index in [2.05, 4.69) is 4.72 Å². The van der Waals surface area contributed by atoms with Gasteiger partial charge in [-0.2, -0.15) is 0 Å². The minimum absolute atomic E-state index is 0.0642. The van der Waals surface area contributed by atoms with Gasteiger partial charge in [0.25, 0.3) is 0 Å². The number of nitrogens with one attached hydrogen (secondary N) is 1. The van der Waals surface area contributed by atoms with Gasteiger partial charge in [-0.25, -0.2) is 13.1 Å². The molecule has 2 rings (SSSR count). The van der Waals surface area contributed by atoms with Crippen LogP contribution in [-0.4, -0.2) is 38.9 Å². The van der Waals surface area contributed by atoms with Crippen molar-refractivity contribution in [3.05, 3.63) is 65.7 Å². The molecule has 25 heavy (non-hydrogen) atoms. The zero-order chi connectivity index (χ0) is 18.3. The fourth-order valence-corrected chi connectivity index (χ4v) is 3.64. The Bertz CT molecular complexity index is 804. The van der Waals surface area contributed by atoms with Crippen LogP contribution in [0.1, 0.15) is 18.1 Å². The first kappa shape index (κ1) is 19.1. The molecule has 134 valence electrons. The van der Waals surface area contributed by atoms with Gasteiger partial charge < -0.3 is 4.90 Å². The summed E-state index contributed by atoms with van der Waals surface area (Å²) in [7, 11) is -3.56. The van der Waals surface area contributed by atoms with E-state index in [0.717, 1.165) is 17.5 Å². The van der Waals surface area contributed by atoms with Gasteiger partial charge in [-0.1, -0.05) is 42.5 Å². The van der Waals surface area contributed by atoms with Crippen molar-refractivity contribution in [3.63, 3.8) is 0 Å². The van der Waals surface area contributed by atoms with Crippen LogP contribution in [0.5, 0.6) is 0 Å². The molecule has 0 radical (unpaired) electrons. The number of carbonyl (C=O) groups excluding carboxylic acids is 1. The van der Waals surface area contributed by atoms with Gasteiger partial charge in [-0.3, -0.25) is 4.79 Å². The van der Waals surface area contributed by atoms with Crippen molar-refractivity contribution in [2.75, 3.05) is 19.6 Å². The maximum atomic E-state index is 12.3. The molecule has 0 unspecified atom stereocenters. The quantitative estimate of drug-likeness (QED) is 0.786. The van der Waals surface area contributed by atoms with Crippen molar-refractivity contribution < 1.29 is 13.2 Å². The highest BCUT2D eigenvalue weighted by Crippen LogP contribution is 2.10. The van der Waals surface area contributed by atoms with E-state index in [-0.39, 0.29) is 17.3 Å². The minimum atomic E-state index is -3.56. The molecule has 0 bridgehead atoms. The van der Waals surface area contributed by atoms with Gasteiger partial charge in [0.1, 0.15) is 0 Å². The maximum Gasteiger partial charge on any atom is 0.240 e. The maximum absolute atomic E-state index is 12.3. The predicted octanol–water partition coefficient (Wildman–Crippen LogP) is 2.36. The molecule has 0 aliphatic heterocycles. The van der Waals surface area contributed by atoms with Gasteiger partial charge in [0.05, 0.1) is 4.90 Å². The molecular formula is C19H24N2O3S. The average molecular weight is 360 g/mol. The Kier molecular flexibility index (Phi) is 6.73. The van der Waals surface area contributed by atoms with Crippen molar-refractivity contribution in [2.45, 2.75) is 25.2 Å². The van der Waals surface area contributed by atoms with Crippen LogP contribution in [0, 0.1) is 6.92 Å². The van der Waals surface area contributed by atoms with Crippen molar-refractivity contribution in [2.24, 2.45) is 0 Å². The smallest absolute Gasteiger partial charge is 0.240 e. The first-order valence-corrected chi connectivity index (χ1v) is 9.72. The largest absolute Gasteiger partial charge is 0.341 e. The summed E-state index contributed by atoms with van der Waals surface area (Å²) >= 11 is 0. The molecule has 6 heteroatoms. The van der Waals surface area contributed by atoms with Crippen molar-refractivity contribution >= 4 is 15.9 Å². The van der Waals surface area contributed by atoms with Crippen LogP contribution in [0.3, 0.4) is 0 Å². The summed E-state index contributed by atoms with van der Waals surface area (Å²) in [4.78, 5) is 13.7. The van der Waals surface area contributed by atoms with Crippen LogP contribution >= 0.6 is 0 Å². The Morgan fingerprint density at radius 3 is 2.40 bits per heavy atom. The molecular weight excluding hydrogens is 336 g/mol. The van der Waals surface area contributed by atoms with E-state index in [9.17, 15) is 13.2 Å². The van der Waals surface area contributed by atoms with Crippen LogP contribution in [0.4, 0.5) is 0 Å². The highest BCUT2D eigenvalue weighted by molar-refractivity contribution is 7.89. The summed E-state index contributed by atoms with van der Waals surface area (Å²) < 4.78 is 27.2. The van der Waals surface area contributed by atoms with E-state index in [4.69, 9.17) is 0 Å². The van der Waals surface area contributed by atoms with Crippen LogP contribution < -0.4 is 4.72 Å². The number of rotatable bonds is 8. The average Bonchev–Trinajstić information content (AvgIpc) is 2.58. The normalized spacial score (nSPS) is 11.3. The van der Waals surface area contributed by atoms with E-state index < -0.39 is 10.0 Å². The van der Waals surface area contributed by atoms with Crippen LogP contribution in [-0.2, 0) is 21.2 Å². The number of benzene rings is 2. The van der Waals surface area contributed by atoms with Gasteiger partial charge in [0, 0.05) is 26.6 Å². The Balaban J connectivity index is 1.89. The van der Waals surface area contributed by atoms with Crippen molar-refractivity contribution in [1.82, 2.24) is 9.62 Å². The van der Waals surface area contributed by atoms with Crippen molar-refractivity contribution in [3.8, 4) is 0 Å². The number of hydrogen-bond donors (Lipinski definition) is 1. The number of sulfonamides is 1. The molecule has 0 fully saturated rings. The summed E-state index contributed by atoms with van der Waals surface area (Å²) in [5.41, 5.74) is 2.03. The molecule has 0 aromatic heterocycles. The summed E-state index contributed by atoms with van der Waals surface area (Å²) in [6, 6.07) is 16.6. The molecule has 0 aliphatic rings. The van der Waals surface area contributed by atoms with Crippen molar-refractivity contribution in [1.29, 1.82) is 0 Å².